The molecule has 0 fully saturated rings. The molecule has 0 heterocycles. The molecule has 0 rings (SSSR count). The van der Waals surface area contributed by atoms with Gasteiger partial charge in [0.25, 0.3) is 0 Å². The van der Waals surface area contributed by atoms with Crippen molar-refractivity contribution in [2.24, 2.45) is 17.2 Å². The molecule has 18 heavy (non-hydrogen) atoms. The number of carboxylic acid groups (broad SMARTS) is 1. The molecule has 0 aromatic rings. The summed E-state index contributed by atoms with van der Waals surface area (Å²) in [6, 6.07) is -1.20. The lowest BCUT2D eigenvalue weighted by Crippen LogP contribution is -2.38. The van der Waals surface area contributed by atoms with Crippen molar-refractivity contribution >= 4 is 11.9 Å². The van der Waals surface area contributed by atoms with Crippen LogP contribution < -0.4 is 17.2 Å². The van der Waals surface area contributed by atoms with E-state index in [1.807, 2.05) is 0 Å². The summed E-state index contributed by atoms with van der Waals surface area (Å²) < 4.78 is 4.77. The van der Waals surface area contributed by atoms with Crippen molar-refractivity contribution in [3.63, 3.8) is 0 Å². The molecule has 0 saturated heterocycles. The number of rotatable bonds is 9. The van der Waals surface area contributed by atoms with Gasteiger partial charge in [0.1, 0.15) is 0 Å². The van der Waals surface area contributed by atoms with E-state index >= 15 is 0 Å². The van der Waals surface area contributed by atoms with Crippen LogP contribution in [0.5, 0.6) is 0 Å². The lowest BCUT2D eigenvalue weighted by molar-refractivity contribution is -0.143. The quantitative estimate of drug-likeness (QED) is 0.397. The zero-order valence-electron chi connectivity index (χ0n) is 10.7. The molecule has 0 saturated carbocycles. The van der Waals surface area contributed by atoms with Gasteiger partial charge in [0, 0.05) is 18.1 Å². The smallest absolute Gasteiger partial charge is 0.307 e. The lowest BCUT2D eigenvalue weighted by Gasteiger charge is -2.19. The summed E-state index contributed by atoms with van der Waals surface area (Å²) in [5.74, 6) is -1.31. The van der Waals surface area contributed by atoms with E-state index in [4.69, 9.17) is 27.0 Å². The van der Waals surface area contributed by atoms with E-state index in [1.165, 1.54) is 0 Å². The Morgan fingerprint density at radius 1 is 1.06 bits per heavy atom. The molecule has 3 atom stereocenters. The fourth-order valence-corrected chi connectivity index (χ4v) is 1.70. The highest BCUT2D eigenvalue weighted by molar-refractivity contribution is 5.70. The molecular formula is C11H23N3O4. The maximum Gasteiger partial charge on any atom is 0.307 e. The largest absolute Gasteiger partial charge is 0.481 e. The van der Waals surface area contributed by atoms with E-state index in [-0.39, 0.29) is 24.9 Å². The van der Waals surface area contributed by atoms with Crippen molar-refractivity contribution in [2.75, 3.05) is 6.61 Å². The van der Waals surface area contributed by atoms with Crippen LogP contribution in [0.1, 0.15) is 32.6 Å². The zero-order chi connectivity index (χ0) is 14.1. The first kappa shape index (κ1) is 16.8. The molecule has 0 amide bonds. The number of aliphatic carboxylic acids is 1. The predicted molar refractivity (Wildman–Crippen MR) is 66.7 cm³/mol. The molecule has 3 unspecified atom stereocenters. The Labute approximate surface area is 107 Å². The summed E-state index contributed by atoms with van der Waals surface area (Å²) in [7, 11) is 0. The van der Waals surface area contributed by atoms with E-state index in [1.54, 1.807) is 6.92 Å². The first-order chi connectivity index (χ1) is 8.35. The summed E-state index contributed by atoms with van der Waals surface area (Å²) in [6.45, 7) is 2.04. The number of ether oxygens (including phenoxy) is 1. The van der Waals surface area contributed by atoms with Gasteiger partial charge in [-0.05, 0) is 19.8 Å². The third-order valence-electron chi connectivity index (χ3n) is 2.38. The van der Waals surface area contributed by atoms with Crippen molar-refractivity contribution in [1.29, 1.82) is 0 Å². The Morgan fingerprint density at radius 3 is 2.00 bits per heavy atom. The van der Waals surface area contributed by atoms with E-state index < -0.39 is 18.1 Å². The van der Waals surface area contributed by atoms with Gasteiger partial charge in [-0.2, -0.15) is 0 Å². The van der Waals surface area contributed by atoms with Gasteiger partial charge in [0.15, 0.2) is 0 Å². The molecular weight excluding hydrogens is 238 g/mol. The van der Waals surface area contributed by atoms with Crippen LogP contribution in [-0.4, -0.2) is 41.8 Å². The van der Waals surface area contributed by atoms with Crippen LogP contribution in [0.2, 0.25) is 0 Å². The third kappa shape index (κ3) is 8.91. The molecule has 0 aliphatic heterocycles. The van der Waals surface area contributed by atoms with Crippen molar-refractivity contribution in [2.45, 2.75) is 50.7 Å². The minimum atomic E-state index is -0.953. The first-order valence-corrected chi connectivity index (χ1v) is 5.99. The van der Waals surface area contributed by atoms with Crippen molar-refractivity contribution < 1.29 is 19.4 Å². The van der Waals surface area contributed by atoms with E-state index in [0.29, 0.717) is 19.4 Å². The fraction of sp³-hybridized carbons (Fsp3) is 0.818. The van der Waals surface area contributed by atoms with Gasteiger partial charge in [-0.1, -0.05) is 0 Å². The number of carbonyl (C=O) groups is 2. The molecule has 7 N–H and O–H groups in total. The number of nitrogens with two attached hydrogens (primary N) is 3. The first-order valence-electron chi connectivity index (χ1n) is 5.99. The van der Waals surface area contributed by atoms with Crippen molar-refractivity contribution in [3.05, 3.63) is 0 Å². The molecule has 7 nitrogen and oxygen atoms in total. The molecule has 0 aliphatic rings. The fourth-order valence-electron chi connectivity index (χ4n) is 1.70. The Bertz CT molecular complexity index is 273. The number of carboxylic acids is 1. The lowest BCUT2D eigenvalue weighted by atomic mass is 9.98. The standard InChI is InChI=1S/C11H23N3O4/c1-2-18-11(17)6-9(14)4-7(12)3-8(13)5-10(15)16/h7-9H,2-6,12-14H2,1H3,(H,15,16). The summed E-state index contributed by atoms with van der Waals surface area (Å²) in [6.07, 6.45) is 0.755. The van der Waals surface area contributed by atoms with Gasteiger partial charge in [-0.25, -0.2) is 0 Å². The average Bonchev–Trinajstić information content (AvgIpc) is 2.14. The van der Waals surface area contributed by atoms with Gasteiger partial charge in [-0.15, -0.1) is 0 Å². The predicted octanol–water partition coefficient (Wildman–Crippen LogP) is -0.824. The van der Waals surface area contributed by atoms with Crippen molar-refractivity contribution in [1.82, 2.24) is 0 Å². The second-order valence-corrected chi connectivity index (χ2v) is 4.36. The SMILES string of the molecule is CCOC(=O)CC(N)CC(N)CC(N)CC(=O)O. The van der Waals surface area contributed by atoms with Gasteiger partial charge in [0.2, 0.25) is 0 Å². The number of carbonyl (C=O) groups excluding carboxylic acids is 1. The Hall–Kier alpha value is -1.18. The zero-order valence-corrected chi connectivity index (χ0v) is 10.7. The van der Waals surface area contributed by atoms with E-state index in [9.17, 15) is 9.59 Å². The average molecular weight is 261 g/mol. The molecule has 0 aliphatic carbocycles. The topological polar surface area (TPSA) is 142 Å². The molecule has 7 heteroatoms. The minimum absolute atomic E-state index is 0.107. The number of esters is 1. The molecule has 0 bridgehead atoms. The van der Waals surface area contributed by atoms with Crippen LogP contribution in [0, 0.1) is 0 Å². The number of hydrogen-bond donors (Lipinski definition) is 4. The molecule has 0 aromatic carbocycles. The van der Waals surface area contributed by atoms with Gasteiger partial charge < -0.3 is 27.0 Å². The molecule has 0 aromatic heterocycles. The van der Waals surface area contributed by atoms with Crippen LogP contribution in [0.3, 0.4) is 0 Å². The van der Waals surface area contributed by atoms with Crippen LogP contribution >= 0.6 is 0 Å². The summed E-state index contributed by atoms with van der Waals surface area (Å²) >= 11 is 0. The normalized spacial score (nSPS) is 15.8. The van der Waals surface area contributed by atoms with Crippen molar-refractivity contribution in [3.8, 4) is 0 Å². The maximum atomic E-state index is 11.2. The van der Waals surface area contributed by atoms with Crippen LogP contribution in [0.15, 0.2) is 0 Å². The molecule has 0 radical (unpaired) electrons. The maximum absolute atomic E-state index is 11.2. The number of hydrogen-bond acceptors (Lipinski definition) is 6. The van der Waals surface area contributed by atoms with E-state index in [0.717, 1.165) is 0 Å². The van der Waals surface area contributed by atoms with E-state index in [2.05, 4.69) is 0 Å². The van der Waals surface area contributed by atoms with Gasteiger partial charge in [-0.3, -0.25) is 9.59 Å². The van der Waals surface area contributed by atoms with Crippen LogP contribution in [-0.2, 0) is 14.3 Å². The summed E-state index contributed by atoms with van der Waals surface area (Å²) in [5.41, 5.74) is 17.1. The van der Waals surface area contributed by atoms with Crippen LogP contribution in [0.25, 0.3) is 0 Å². The molecule has 106 valence electrons. The Kier molecular flexibility index (Phi) is 8.27. The highest BCUT2D eigenvalue weighted by atomic mass is 16.5. The highest BCUT2D eigenvalue weighted by Gasteiger charge is 2.17. The third-order valence-corrected chi connectivity index (χ3v) is 2.38. The highest BCUT2D eigenvalue weighted by Crippen LogP contribution is 2.06. The second kappa shape index (κ2) is 8.84. The van der Waals surface area contributed by atoms with Gasteiger partial charge >= 0.3 is 11.9 Å². The second-order valence-electron chi connectivity index (χ2n) is 4.36. The minimum Gasteiger partial charge on any atom is -0.481 e. The van der Waals surface area contributed by atoms with Gasteiger partial charge in [0.05, 0.1) is 19.4 Å². The summed E-state index contributed by atoms with van der Waals surface area (Å²) in [5, 5.41) is 8.55. The molecule has 0 spiro atoms. The Balaban J connectivity index is 3.89. The monoisotopic (exact) mass is 261 g/mol. The van der Waals surface area contributed by atoms with Crippen LogP contribution in [0.4, 0.5) is 0 Å². The summed E-state index contributed by atoms with van der Waals surface area (Å²) in [4.78, 5) is 21.6. The Morgan fingerprint density at radius 2 is 1.56 bits per heavy atom.